The number of fused-ring (bicyclic) bond motifs is 2. The van der Waals surface area contributed by atoms with Crippen LogP contribution in [0.4, 0.5) is 0 Å². The van der Waals surface area contributed by atoms with E-state index in [2.05, 4.69) is 15.6 Å². The number of hydrogen-bond donors (Lipinski definition) is 3. The third kappa shape index (κ3) is 4.37. The molecule has 0 radical (unpaired) electrons. The van der Waals surface area contributed by atoms with E-state index in [-0.39, 0.29) is 18.3 Å². The number of rotatable bonds is 4. The van der Waals surface area contributed by atoms with E-state index < -0.39 is 40.3 Å². The predicted octanol–water partition coefficient (Wildman–Crippen LogP) is 1.14. The van der Waals surface area contributed by atoms with E-state index in [0.717, 1.165) is 5.56 Å². The number of halogens is 1. The van der Waals surface area contributed by atoms with Gasteiger partial charge >= 0.3 is 11.8 Å². The van der Waals surface area contributed by atoms with Gasteiger partial charge in [0.15, 0.2) is 5.69 Å². The molecule has 0 atom stereocenters. The maximum absolute atomic E-state index is 13.1. The first-order chi connectivity index (χ1) is 16.1. The molecule has 3 amide bonds. The highest BCUT2D eigenvalue weighted by Gasteiger charge is 2.46. The minimum Gasteiger partial charge on any atom is -0.501 e. The minimum absolute atomic E-state index is 0.136. The summed E-state index contributed by atoms with van der Waals surface area (Å²) in [4.78, 5) is 56.5. The van der Waals surface area contributed by atoms with Crippen LogP contribution in [0.3, 0.4) is 0 Å². The number of likely N-dealkylation sites (N-methyl/N-ethyl adjacent to an activating group) is 1. The fourth-order valence-electron chi connectivity index (χ4n) is 4.60. The molecule has 1 saturated carbocycles. The standard InChI is InChI=1S/C23H26ClN5O5/c1-28(2)21(34)19(32)27-23-9-7-14(8-10-23)12-29-20(33)17(30)16(26-22(23)29)18(31)25-11-13-3-5-15(24)6-4-13/h3-6,14,30H,7-12H2,1-2H3,(H,25,31)(H,27,32). The van der Waals surface area contributed by atoms with Crippen LogP contribution in [-0.4, -0.2) is 51.4 Å². The van der Waals surface area contributed by atoms with Gasteiger partial charge in [-0.2, -0.15) is 0 Å². The van der Waals surface area contributed by atoms with Crippen LogP contribution in [0.15, 0.2) is 29.1 Å². The Labute approximate surface area is 200 Å². The Balaban J connectivity index is 1.70. The Hall–Kier alpha value is -3.40. The van der Waals surface area contributed by atoms with Gasteiger partial charge in [0.2, 0.25) is 5.75 Å². The summed E-state index contributed by atoms with van der Waals surface area (Å²) < 4.78 is 1.33. The van der Waals surface area contributed by atoms with Gasteiger partial charge in [-0.15, -0.1) is 0 Å². The second kappa shape index (κ2) is 9.09. The van der Waals surface area contributed by atoms with E-state index in [1.165, 1.54) is 23.6 Å². The monoisotopic (exact) mass is 487 g/mol. The van der Waals surface area contributed by atoms with Crippen LogP contribution in [0.1, 0.15) is 47.6 Å². The number of benzene rings is 1. The molecule has 5 rings (SSSR count). The van der Waals surface area contributed by atoms with Gasteiger partial charge < -0.3 is 20.6 Å². The Kier molecular flexibility index (Phi) is 6.35. The molecular formula is C23H26ClN5O5. The molecule has 2 aliphatic heterocycles. The molecule has 1 aromatic carbocycles. The lowest BCUT2D eigenvalue weighted by atomic mass is 9.77. The van der Waals surface area contributed by atoms with Crippen LogP contribution in [0, 0.1) is 5.92 Å². The molecule has 0 saturated heterocycles. The summed E-state index contributed by atoms with van der Waals surface area (Å²) in [6, 6.07) is 6.86. The highest BCUT2D eigenvalue weighted by Crippen LogP contribution is 2.42. The van der Waals surface area contributed by atoms with Gasteiger partial charge in [0, 0.05) is 32.2 Å². The topological polar surface area (TPSA) is 134 Å². The summed E-state index contributed by atoms with van der Waals surface area (Å²) in [7, 11) is 2.95. The number of aromatic nitrogens is 2. The highest BCUT2D eigenvalue weighted by atomic mass is 35.5. The van der Waals surface area contributed by atoms with Gasteiger partial charge in [0.25, 0.3) is 11.5 Å². The molecule has 1 aliphatic carbocycles. The number of amides is 3. The number of carbonyl (C=O) groups excluding carboxylic acids is 3. The molecule has 2 bridgehead atoms. The van der Waals surface area contributed by atoms with E-state index in [0.29, 0.717) is 37.3 Å². The first-order valence-electron chi connectivity index (χ1n) is 11.0. The van der Waals surface area contributed by atoms with Gasteiger partial charge in [-0.25, -0.2) is 4.98 Å². The second-order valence-electron chi connectivity index (χ2n) is 9.04. The van der Waals surface area contributed by atoms with Crippen molar-refractivity contribution < 1.29 is 19.5 Å². The average Bonchev–Trinajstić information content (AvgIpc) is 3.06. The van der Waals surface area contributed by atoms with Gasteiger partial charge in [0.1, 0.15) is 5.82 Å². The van der Waals surface area contributed by atoms with Crippen LogP contribution in [-0.2, 0) is 28.2 Å². The van der Waals surface area contributed by atoms with E-state index in [1.54, 1.807) is 24.3 Å². The number of hydrogen-bond acceptors (Lipinski definition) is 6. The first-order valence-corrected chi connectivity index (χ1v) is 11.4. The van der Waals surface area contributed by atoms with Crippen molar-refractivity contribution >= 4 is 29.3 Å². The third-order valence-electron chi connectivity index (χ3n) is 6.51. The van der Waals surface area contributed by atoms with Crippen molar-refractivity contribution in [3.05, 3.63) is 56.7 Å². The molecule has 3 N–H and O–H groups in total. The maximum atomic E-state index is 13.1. The zero-order valence-electron chi connectivity index (χ0n) is 18.9. The number of carbonyl (C=O) groups is 3. The summed E-state index contributed by atoms with van der Waals surface area (Å²) in [5.74, 6) is -2.66. The molecule has 2 aromatic rings. The van der Waals surface area contributed by atoms with E-state index in [9.17, 15) is 24.3 Å². The van der Waals surface area contributed by atoms with Crippen molar-refractivity contribution in [1.29, 1.82) is 0 Å². The highest BCUT2D eigenvalue weighted by molar-refractivity contribution is 6.35. The fourth-order valence-corrected chi connectivity index (χ4v) is 4.72. The van der Waals surface area contributed by atoms with Crippen molar-refractivity contribution in [3.8, 4) is 5.75 Å². The smallest absolute Gasteiger partial charge is 0.311 e. The first kappa shape index (κ1) is 23.7. The molecule has 1 fully saturated rings. The lowest BCUT2D eigenvalue weighted by molar-refractivity contribution is -0.145. The summed E-state index contributed by atoms with van der Waals surface area (Å²) in [6.45, 7) is 0.456. The molecular weight excluding hydrogens is 462 g/mol. The molecule has 11 heteroatoms. The SMILES string of the molecule is CN(C)C(=O)C(=O)NC12CCC(CC1)Cn1c2nc(C(=O)NCc2ccc(Cl)cc2)c(O)c1=O. The number of nitrogens with zero attached hydrogens (tertiary/aromatic N) is 3. The Morgan fingerprint density at radius 2 is 1.85 bits per heavy atom. The van der Waals surface area contributed by atoms with Crippen molar-refractivity contribution in [2.45, 2.75) is 44.3 Å². The lowest BCUT2D eigenvalue weighted by Gasteiger charge is -2.37. The van der Waals surface area contributed by atoms with Crippen molar-refractivity contribution in [3.63, 3.8) is 0 Å². The van der Waals surface area contributed by atoms with Crippen molar-refractivity contribution in [2.75, 3.05) is 14.1 Å². The molecule has 180 valence electrons. The summed E-state index contributed by atoms with van der Waals surface area (Å²) >= 11 is 5.88. The second-order valence-corrected chi connectivity index (χ2v) is 9.47. The average molecular weight is 488 g/mol. The lowest BCUT2D eigenvalue weighted by Crippen LogP contribution is -2.53. The van der Waals surface area contributed by atoms with Crippen LogP contribution < -0.4 is 16.2 Å². The molecule has 10 nitrogen and oxygen atoms in total. The van der Waals surface area contributed by atoms with Gasteiger partial charge in [0.05, 0.1) is 5.54 Å². The Morgan fingerprint density at radius 1 is 1.21 bits per heavy atom. The zero-order chi connectivity index (χ0) is 24.6. The Bertz CT molecular complexity index is 1200. The quantitative estimate of drug-likeness (QED) is 0.554. The van der Waals surface area contributed by atoms with E-state index in [1.807, 2.05) is 0 Å². The van der Waals surface area contributed by atoms with Gasteiger partial charge in [-0.3, -0.25) is 23.7 Å². The van der Waals surface area contributed by atoms with Crippen LogP contribution in [0.5, 0.6) is 5.75 Å². The summed E-state index contributed by atoms with van der Waals surface area (Å²) in [5.41, 5.74) is -1.47. The zero-order valence-corrected chi connectivity index (χ0v) is 19.7. The molecule has 34 heavy (non-hydrogen) atoms. The molecule has 0 spiro atoms. The number of aromatic hydroxyl groups is 1. The maximum Gasteiger partial charge on any atom is 0.311 e. The molecule has 0 unspecified atom stereocenters. The van der Waals surface area contributed by atoms with E-state index in [4.69, 9.17) is 11.6 Å². The third-order valence-corrected chi connectivity index (χ3v) is 6.76. The summed E-state index contributed by atoms with van der Waals surface area (Å²) in [5, 5.41) is 16.6. The predicted molar refractivity (Wildman–Crippen MR) is 123 cm³/mol. The molecule has 1 aromatic heterocycles. The van der Waals surface area contributed by atoms with E-state index >= 15 is 0 Å². The van der Waals surface area contributed by atoms with Gasteiger partial charge in [-0.05, 0) is 49.3 Å². The van der Waals surface area contributed by atoms with Gasteiger partial charge in [-0.1, -0.05) is 23.7 Å². The molecule has 3 aliphatic rings. The van der Waals surface area contributed by atoms with Crippen molar-refractivity contribution in [2.24, 2.45) is 5.92 Å². The largest absolute Gasteiger partial charge is 0.501 e. The normalized spacial score (nSPS) is 20.7. The van der Waals surface area contributed by atoms with Crippen molar-refractivity contribution in [1.82, 2.24) is 25.1 Å². The Morgan fingerprint density at radius 3 is 2.47 bits per heavy atom. The minimum atomic E-state index is -1.09. The molecule has 3 heterocycles. The van der Waals surface area contributed by atoms with Crippen LogP contribution in [0.25, 0.3) is 0 Å². The number of nitrogens with one attached hydrogen (secondary N) is 2. The van der Waals surface area contributed by atoms with Crippen LogP contribution in [0.2, 0.25) is 5.02 Å². The summed E-state index contributed by atoms with van der Waals surface area (Å²) in [6.07, 6.45) is 2.34. The van der Waals surface area contributed by atoms with Crippen LogP contribution >= 0.6 is 11.6 Å². The fraction of sp³-hybridized carbons (Fsp3) is 0.435.